The van der Waals surface area contributed by atoms with Crippen molar-refractivity contribution in [1.29, 1.82) is 0 Å². The molecule has 3 nitrogen and oxygen atoms in total. The summed E-state index contributed by atoms with van der Waals surface area (Å²) < 4.78 is 0. The van der Waals surface area contributed by atoms with Gasteiger partial charge in [-0.15, -0.1) is 0 Å². The van der Waals surface area contributed by atoms with E-state index < -0.39 is 5.97 Å². The molecule has 0 aliphatic rings. The van der Waals surface area contributed by atoms with Crippen molar-refractivity contribution >= 4 is 5.97 Å². The molecule has 0 spiro atoms. The normalized spacial score (nSPS) is 8.09. The van der Waals surface area contributed by atoms with Gasteiger partial charge in [-0.2, -0.15) is 5.26 Å². The number of rotatable bonds is 1. The van der Waals surface area contributed by atoms with Crippen LogP contribution in [0.4, 0.5) is 0 Å². The average Bonchev–Trinajstić information content (AvgIpc) is 2.05. The van der Waals surface area contributed by atoms with E-state index in [1.165, 1.54) is 0 Å². The molecule has 0 bridgehead atoms. The van der Waals surface area contributed by atoms with Gasteiger partial charge in [0, 0.05) is 22.4 Å². The molecule has 4 heteroatoms. The van der Waals surface area contributed by atoms with Crippen LogP contribution in [0.2, 0.25) is 0 Å². The third kappa shape index (κ3) is 2.86. The molecule has 0 unspecified atom stereocenters. The van der Waals surface area contributed by atoms with Crippen molar-refractivity contribution in [3.05, 3.63) is 35.9 Å². The number of carbonyl (C=O) groups excluding carboxylic acids is 1. The predicted molar refractivity (Wildman–Crippen MR) is 34.5 cm³/mol. The molecule has 1 N–H and O–H groups in total. The second-order valence-corrected chi connectivity index (χ2v) is 1.74. The number of carbonyl (C=O) groups is 1. The molecule has 1 aromatic rings. The van der Waals surface area contributed by atoms with Crippen LogP contribution in [-0.4, -0.2) is 11.2 Å². The van der Waals surface area contributed by atoms with Crippen molar-refractivity contribution in [2.45, 2.75) is 0 Å². The summed E-state index contributed by atoms with van der Waals surface area (Å²) in [6.45, 7) is 0. The third-order valence-electron chi connectivity index (χ3n) is 1.09. The van der Waals surface area contributed by atoms with Crippen molar-refractivity contribution in [2.24, 2.45) is 0 Å². The summed E-state index contributed by atoms with van der Waals surface area (Å²) in [4.78, 5) is 14.0. The van der Waals surface area contributed by atoms with Gasteiger partial charge in [-0.05, 0) is 12.1 Å². The zero-order valence-corrected chi connectivity index (χ0v) is 7.62. The zero-order valence-electron chi connectivity index (χ0n) is 5.45. The second kappa shape index (κ2) is 5.10. The fraction of sp³-hybridized carbons (Fsp3) is 0. The molecule has 1 radical (unpaired) electrons. The molecule has 11 heavy (non-hydrogen) atoms. The Kier molecular flexibility index (Phi) is 4.81. The average molecular weight is 335 g/mol. The van der Waals surface area contributed by atoms with Crippen LogP contribution >= 0.6 is 0 Å². The zero-order chi connectivity index (χ0) is 7.40. The number of benzene rings is 1. The Labute approximate surface area is 79.4 Å². The Hall–Kier alpha value is -0.610. The van der Waals surface area contributed by atoms with E-state index in [1.54, 1.807) is 30.3 Å². The van der Waals surface area contributed by atoms with E-state index in [-0.39, 0.29) is 22.4 Å². The molecule has 0 saturated heterocycles. The summed E-state index contributed by atoms with van der Waals surface area (Å²) in [6.07, 6.45) is 0. The standard InChI is InChI=1S/C7H6O3.Au/c8-7(10-9)6-4-2-1-3-5-6;/h1-5,9H;. The summed E-state index contributed by atoms with van der Waals surface area (Å²) in [5, 5.41) is 7.94. The van der Waals surface area contributed by atoms with Crippen LogP contribution in [0.5, 0.6) is 0 Å². The van der Waals surface area contributed by atoms with Crippen molar-refractivity contribution in [2.75, 3.05) is 0 Å². The Morgan fingerprint density at radius 3 is 2.27 bits per heavy atom. The Bertz CT molecular complexity index is 222. The van der Waals surface area contributed by atoms with Gasteiger partial charge < -0.3 is 0 Å². The molecule has 0 aromatic heterocycles. The molecule has 0 atom stereocenters. The fourth-order valence-corrected chi connectivity index (χ4v) is 0.627. The van der Waals surface area contributed by atoms with Gasteiger partial charge >= 0.3 is 5.97 Å². The minimum absolute atomic E-state index is 0. The van der Waals surface area contributed by atoms with E-state index in [9.17, 15) is 4.79 Å². The van der Waals surface area contributed by atoms with Crippen LogP contribution in [0.3, 0.4) is 0 Å². The molecule has 0 saturated carbocycles. The van der Waals surface area contributed by atoms with Crippen LogP contribution < -0.4 is 0 Å². The summed E-state index contributed by atoms with van der Waals surface area (Å²) in [5.74, 6) is -0.736. The van der Waals surface area contributed by atoms with Crippen molar-refractivity contribution in [3.8, 4) is 0 Å². The van der Waals surface area contributed by atoms with Crippen LogP contribution in [0.15, 0.2) is 30.3 Å². The van der Waals surface area contributed by atoms with Gasteiger partial charge in [-0.25, -0.2) is 4.79 Å². The SMILES string of the molecule is O=C(OO)c1ccccc1.[Au]. The third-order valence-corrected chi connectivity index (χ3v) is 1.09. The topological polar surface area (TPSA) is 46.5 Å². The molecule has 0 amide bonds. The minimum Gasteiger partial charge on any atom is -0.296 e. The van der Waals surface area contributed by atoms with E-state index in [0.29, 0.717) is 5.56 Å². The molecule has 0 aliphatic carbocycles. The molecule has 0 fully saturated rings. The van der Waals surface area contributed by atoms with Gasteiger partial charge in [0.15, 0.2) is 0 Å². The molecule has 0 aliphatic heterocycles. The summed E-state index contributed by atoms with van der Waals surface area (Å²) in [6, 6.07) is 8.25. The van der Waals surface area contributed by atoms with Crippen LogP contribution in [-0.2, 0) is 27.3 Å². The predicted octanol–water partition coefficient (Wildman–Crippen LogP) is 1.31. The smallest absolute Gasteiger partial charge is 0.296 e. The fourth-order valence-electron chi connectivity index (χ4n) is 0.627. The molecular formula is C7H6AuO3. The number of hydrogen-bond donors (Lipinski definition) is 1. The Morgan fingerprint density at radius 1 is 1.27 bits per heavy atom. The van der Waals surface area contributed by atoms with E-state index in [1.807, 2.05) is 0 Å². The van der Waals surface area contributed by atoms with E-state index in [2.05, 4.69) is 4.89 Å². The first kappa shape index (κ1) is 10.4. The summed E-state index contributed by atoms with van der Waals surface area (Å²) in [7, 11) is 0. The largest absolute Gasteiger partial charge is 0.372 e. The Balaban J connectivity index is 0.000001000. The van der Waals surface area contributed by atoms with Gasteiger partial charge in [-0.1, -0.05) is 18.2 Å². The monoisotopic (exact) mass is 335 g/mol. The second-order valence-electron chi connectivity index (χ2n) is 1.74. The van der Waals surface area contributed by atoms with Crippen LogP contribution in [0.1, 0.15) is 10.4 Å². The van der Waals surface area contributed by atoms with Gasteiger partial charge in [0.1, 0.15) is 0 Å². The van der Waals surface area contributed by atoms with Crippen LogP contribution in [0.25, 0.3) is 0 Å². The van der Waals surface area contributed by atoms with Gasteiger partial charge in [-0.3, -0.25) is 4.89 Å². The summed E-state index contributed by atoms with van der Waals surface area (Å²) in [5.41, 5.74) is 0.338. The van der Waals surface area contributed by atoms with Crippen LogP contribution in [0, 0.1) is 0 Å². The minimum atomic E-state index is -0.736. The van der Waals surface area contributed by atoms with E-state index >= 15 is 0 Å². The summed E-state index contributed by atoms with van der Waals surface area (Å²) >= 11 is 0. The molecule has 0 heterocycles. The van der Waals surface area contributed by atoms with E-state index in [0.717, 1.165) is 0 Å². The quantitative estimate of drug-likeness (QED) is 0.478. The first-order chi connectivity index (χ1) is 4.84. The van der Waals surface area contributed by atoms with Gasteiger partial charge in [0.05, 0.1) is 5.56 Å². The van der Waals surface area contributed by atoms with Crippen molar-refractivity contribution in [1.82, 2.24) is 0 Å². The Morgan fingerprint density at radius 2 is 1.82 bits per heavy atom. The van der Waals surface area contributed by atoms with E-state index in [4.69, 9.17) is 5.26 Å². The number of hydrogen-bond acceptors (Lipinski definition) is 3. The molecule has 1 aromatic carbocycles. The molecule has 63 valence electrons. The first-order valence-electron chi connectivity index (χ1n) is 2.75. The maximum absolute atomic E-state index is 10.5. The molecule has 1 rings (SSSR count). The maximum Gasteiger partial charge on any atom is 0.372 e. The molecular weight excluding hydrogens is 329 g/mol. The van der Waals surface area contributed by atoms with Gasteiger partial charge in [0.2, 0.25) is 0 Å². The maximum atomic E-state index is 10.5. The van der Waals surface area contributed by atoms with Gasteiger partial charge in [0.25, 0.3) is 0 Å². The first-order valence-corrected chi connectivity index (χ1v) is 2.75. The van der Waals surface area contributed by atoms with Crippen molar-refractivity contribution < 1.29 is 37.3 Å². The van der Waals surface area contributed by atoms with Crippen molar-refractivity contribution in [3.63, 3.8) is 0 Å².